The van der Waals surface area contributed by atoms with Crippen LogP contribution < -0.4 is 5.32 Å². The highest BCUT2D eigenvalue weighted by atomic mass is 16.3. The Morgan fingerprint density at radius 3 is 2.33 bits per heavy atom. The van der Waals surface area contributed by atoms with Gasteiger partial charge in [0, 0.05) is 6.04 Å². The molecule has 2 heteroatoms. The lowest BCUT2D eigenvalue weighted by atomic mass is 10.0. The number of rotatable bonds is 4. The molecule has 2 atom stereocenters. The van der Waals surface area contributed by atoms with E-state index < -0.39 is 0 Å². The second-order valence-electron chi connectivity index (χ2n) is 2.54. The first kappa shape index (κ1) is 8.92. The van der Waals surface area contributed by atoms with E-state index in [1.165, 1.54) is 0 Å². The smallest absolute Gasteiger partial charge is 0.0933 e. The van der Waals surface area contributed by atoms with Gasteiger partial charge in [-0.25, -0.2) is 0 Å². The van der Waals surface area contributed by atoms with Crippen molar-refractivity contribution in [2.45, 2.75) is 33.2 Å². The largest absolute Gasteiger partial charge is 0.381 e. The summed E-state index contributed by atoms with van der Waals surface area (Å²) in [5.41, 5.74) is 0. The van der Waals surface area contributed by atoms with Crippen LogP contribution in [0.1, 0.15) is 27.2 Å². The Morgan fingerprint density at radius 2 is 2.00 bits per heavy atom. The average molecular weight is 131 g/mol. The fraction of sp³-hybridized carbons (Fsp3) is 1.00. The molecule has 0 bridgehead atoms. The van der Waals surface area contributed by atoms with Crippen LogP contribution in [0.5, 0.6) is 0 Å². The van der Waals surface area contributed by atoms with Crippen LogP contribution in [-0.2, 0) is 0 Å². The standard InChI is InChI=1S/C7H17NO/c1-4-6(2)7(3)8-5-9/h6-9H,4-5H2,1-3H3/t6-,7?/m0/s1. The Kier molecular flexibility index (Phi) is 4.72. The van der Waals surface area contributed by atoms with Crippen molar-refractivity contribution in [2.75, 3.05) is 6.73 Å². The topological polar surface area (TPSA) is 32.3 Å². The van der Waals surface area contributed by atoms with Gasteiger partial charge in [0.1, 0.15) is 0 Å². The number of aliphatic hydroxyl groups is 1. The third kappa shape index (κ3) is 3.49. The predicted molar refractivity (Wildman–Crippen MR) is 39.1 cm³/mol. The second-order valence-corrected chi connectivity index (χ2v) is 2.54. The first-order chi connectivity index (χ1) is 4.22. The molecule has 0 aliphatic carbocycles. The highest BCUT2D eigenvalue weighted by Crippen LogP contribution is 2.05. The molecule has 1 unspecified atom stereocenters. The molecule has 0 aliphatic heterocycles. The molecule has 0 amide bonds. The van der Waals surface area contributed by atoms with Gasteiger partial charge in [-0.1, -0.05) is 20.3 Å². The fourth-order valence-corrected chi connectivity index (χ4v) is 0.699. The van der Waals surface area contributed by atoms with Gasteiger partial charge < -0.3 is 5.11 Å². The van der Waals surface area contributed by atoms with E-state index in [0.29, 0.717) is 12.0 Å². The van der Waals surface area contributed by atoms with E-state index in [9.17, 15) is 0 Å². The van der Waals surface area contributed by atoms with Crippen LogP contribution in [0.25, 0.3) is 0 Å². The zero-order valence-corrected chi connectivity index (χ0v) is 6.52. The van der Waals surface area contributed by atoms with E-state index in [4.69, 9.17) is 5.11 Å². The van der Waals surface area contributed by atoms with Gasteiger partial charge in [0.05, 0.1) is 6.73 Å². The van der Waals surface area contributed by atoms with Gasteiger partial charge in [-0.15, -0.1) is 0 Å². The molecule has 56 valence electrons. The van der Waals surface area contributed by atoms with Crippen LogP contribution >= 0.6 is 0 Å². The lowest BCUT2D eigenvalue weighted by Crippen LogP contribution is -2.32. The van der Waals surface area contributed by atoms with Gasteiger partial charge >= 0.3 is 0 Å². The molecular weight excluding hydrogens is 114 g/mol. The van der Waals surface area contributed by atoms with E-state index in [-0.39, 0.29) is 6.73 Å². The summed E-state index contributed by atoms with van der Waals surface area (Å²) in [4.78, 5) is 0. The van der Waals surface area contributed by atoms with Crippen molar-refractivity contribution in [1.29, 1.82) is 0 Å². The van der Waals surface area contributed by atoms with E-state index in [0.717, 1.165) is 6.42 Å². The normalized spacial score (nSPS) is 17.3. The highest BCUT2D eigenvalue weighted by molar-refractivity contribution is 4.64. The minimum atomic E-state index is 0.0888. The van der Waals surface area contributed by atoms with Crippen LogP contribution in [0, 0.1) is 5.92 Å². The first-order valence-corrected chi connectivity index (χ1v) is 3.56. The minimum Gasteiger partial charge on any atom is -0.381 e. The molecule has 0 aromatic heterocycles. The van der Waals surface area contributed by atoms with Gasteiger partial charge in [0.25, 0.3) is 0 Å². The molecule has 0 rings (SSSR count). The van der Waals surface area contributed by atoms with E-state index >= 15 is 0 Å². The van der Waals surface area contributed by atoms with Crippen LogP contribution in [-0.4, -0.2) is 17.9 Å². The Hall–Kier alpha value is -0.0800. The van der Waals surface area contributed by atoms with Crippen molar-refractivity contribution < 1.29 is 5.11 Å². The molecule has 0 aromatic rings. The fourth-order valence-electron chi connectivity index (χ4n) is 0.699. The molecular formula is C7H17NO. The molecule has 0 aromatic carbocycles. The summed E-state index contributed by atoms with van der Waals surface area (Å²) in [6.07, 6.45) is 1.16. The molecule has 2 nitrogen and oxygen atoms in total. The molecule has 0 spiro atoms. The maximum atomic E-state index is 8.47. The van der Waals surface area contributed by atoms with Gasteiger partial charge in [-0.05, 0) is 12.8 Å². The van der Waals surface area contributed by atoms with E-state index in [2.05, 4.69) is 26.1 Å². The van der Waals surface area contributed by atoms with Crippen molar-refractivity contribution in [3.8, 4) is 0 Å². The molecule has 0 heterocycles. The zero-order chi connectivity index (χ0) is 7.28. The number of hydrogen-bond donors (Lipinski definition) is 2. The van der Waals surface area contributed by atoms with Crippen molar-refractivity contribution in [1.82, 2.24) is 5.32 Å². The Morgan fingerprint density at radius 1 is 1.44 bits per heavy atom. The second kappa shape index (κ2) is 4.77. The van der Waals surface area contributed by atoms with Crippen molar-refractivity contribution in [3.05, 3.63) is 0 Å². The summed E-state index contributed by atoms with van der Waals surface area (Å²) in [5, 5.41) is 11.4. The Labute approximate surface area is 57.3 Å². The quantitative estimate of drug-likeness (QED) is 0.557. The lowest BCUT2D eigenvalue weighted by molar-refractivity contribution is 0.223. The zero-order valence-electron chi connectivity index (χ0n) is 6.52. The summed E-state index contributed by atoms with van der Waals surface area (Å²) in [7, 11) is 0. The minimum absolute atomic E-state index is 0.0888. The molecule has 2 N–H and O–H groups in total. The molecule has 0 radical (unpaired) electrons. The Bertz CT molecular complexity index is 65.9. The summed E-state index contributed by atoms with van der Waals surface area (Å²) in [6, 6.07) is 0.431. The summed E-state index contributed by atoms with van der Waals surface area (Å²) in [6.45, 7) is 6.50. The van der Waals surface area contributed by atoms with Crippen LogP contribution in [0.2, 0.25) is 0 Å². The third-order valence-corrected chi connectivity index (χ3v) is 1.91. The van der Waals surface area contributed by atoms with Gasteiger partial charge in [-0.3, -0.25) is 5.32 Å². The third-order valence-electron chi connectivity index (χ3n) is 1.91. The highest BCUT2D eigenvalue weighted by Gasteiger charge is 2.06. The van der Waals surface area contributed by atoms with Gasteiger partial charge in [0.15, 0.2) is 0 Å². The monoisotopic (exact) mass is 131 g/mol. The summed E-state index contributed by atoms with van der Waals surface area (Å²) < 4.78 is 0. The van der Waals surface area contributed by atoms with Gasteiger partial charge in [-0.2, -0.15) is 0 Å². The molecule has 0 saturated heterocycles. The van der Waals surface area contributed by atoms with E-state index in [1.807, 2.05) is 0 Å². The SMILES string of the molecule is CC[C@H](C)C(C)NCO. The Balaban J connectivity index is 3.32. The molecule has 9 heavy (non-hydrogen) atoms. The van der Waals surface area contributed by atoms with Crippen molar-refractivity contribution in [2.24, 2.45) is 5.92 Å². The summed E-state index contributed by atoms with van der Waals surface area (Å²) >= 11 is 0. The maximum Gasteiger partial charge on any atom is 0.0933 e. The molecule has 0 aliphatic rings. The lowest BCUT2D eigenvalue weighted by Gasteiger charge is -2.17. The van der Waals surface area contributed by atoms with Crippen LogP contribution in [0.4, 0.5) is 0 Å². The first-order valence-electron chi connectivity index (χ1n) is 3.56. The number of aliphatic hydroxyl groups excluding tert-OH is 1. The maximum absolute atomic E-state index is 8.47. The number of nitrogens with one attached hydrogen (secondary N) is 1. The van der Waals surface area contributed by atoms with Crippen molar-refractivity contribution in [3.63, 3.8) is 0 Å². The van der Waals surface area contributed by atoms with Crippen LogP contribution in [0.3, 0.4) is 0 Å². The van der Waals surface area contributed by atoms with Gasteiger partial charge in [0.2, 0.25) is 0 Å². The van der Waals surface area contributed by atoms with Crippen LogP contribution in [0.15, 0.2) is 0 Å². The molecule has 0 saturated carbocycles. The van der Waals surface area contributed by atoms with Crippen molar-refractivity contribution >= 4 is 0 Å². The predicted octanol–water partition coefficient (Wildman–Crippen LogP) is 0.960. The average Bonchev–Trinajstić information content (AvgIpc) is 1.87. The number of hydrogen-bond acceptors (Lipinski definition) is 2. The van der Waals surface area contributed by atoms with E-state index in [1.54, 1.807) is 0 Å². The summed E-state index contributed by atoms with van der Waals surface area (Å²) in [5.74, 6) is 0.650. The molecule has 0 fully saturated rings.